The number of nitrogens with zero attached hydrogens (tertiary/aromatic N) is 3. The summed E-state index contributed by atoms with van der Waals surface area (Å²) >= 11 is -0.346. The van der Waals surface area contributed by atoms with E-state index in [0.29, 0.717) is 11.0 Å². The van der Waals surface area contributed by atoms with Crippen molar-refractivity contribution in [2.24, 2.45) is 0 Å². The Morgan fingerprint density at radius 1 is 0.757 bits per heavy atom. The molecule has 0 bridgehead atoms. The van der Waals surface area contributed by atoms with Crippen LogP contribution in [0.15, 0.2) is 115 Å². The fourth-order valence-corrected chi connectivity index (χ4v) is 9.59. The van der Waals surface area contributed by atoms with Crippen LogP contribution in [0.4, 0.5) is 0 Å². The fourth-order valence-electron chi connectivity index (χ4n) is 4.17. The van der Waals surface area contributed by atoms with Gasteiger partial charge in [0.25, 0.3) is 10.0 Å². The first kappa shape index (κ1) is 29.4. The van der Waals surface area contributed by atoms with Crippen LogP contribution in [-0.4, -0.2) is 28.6 Å². The number of aromatic nitrogens is 3. The normalized spacial score (nSPS) is 12.0. The van der Waals surface area contributed by atoms with Crippen molar-refractivity contribution in [3.63, 3.8) is 0 Å². The van der Waals surface area contributed by atoms with Gasteiger partial charge in [-0.3, -0.25) is 0 Å². The summed E-state index contributed by atoms with van der Waals surface area (Å²) in [6.45, 7) is 0. The monoisotopic (exact) mass is 659 g/mol. The summed E-state index contributed by atoms with van der Waals surface area (Å²) in [6, 6.07) is 37.6. The van der Waals surface area contributed by atoms with E-state index in [0.717, 1.165) is 9.65 Å². The van der Waals surface area contributed by atoms with Crippen LogP contribution in [0.2, 0.25) is 0 Å². The molecule has 0 aliphatic carbocycles. The van der Waals surface area contributed by atoms with E-state index >= 15 is 0 Å². The van der Waals surface area contributed by atoms with E-state index in [4.69, 9.17) is 19.4 Å². The molecule has 0 saturated heterocycles. The second-order valence-corrected chi connectivity index (χ2v) is 15.0. The molecular formula is C27H26Cl2N3O2PRuS. The van der Waals surface area contributed by atoms with Gasteiger partial charge in [0.2, 0.25) is 0 Å². The van der Waals surface area contributed by atoms with Crippen molar-refractivity contribution in [1.82, 2.24) is 14.4 Å². The summed E-state index contributed by atoms with van der Waals surface area (Å²) < 4.78 is 28.6. The van der Waals surface area contributed by atoms with Gasteiger partial charge in [-0.2, -0.15) is 0 Å². The Bertz CT molecular complexity index is 1450. The Kier molecular flexibility index (Phi) is 11.2. The molecule has 0 N–H and O–H groups in total. The van der Waals surface area contributed by atoms with E-state index in [2.05, 4.69) is 34.6 Å². The molecule has 0 saturated carbocycles. The van der Waals surface area contributed by atoms with Crippen molar-refractivity contribution >= 4 is 59.0 Å². The maximum absolute atomic E-state index is 13.7. The number of hydrogen-bond acceptors (Lipinski definition) is 4. The third kappa shape index (κ3) is 7.25. The topological polar surface area (TPSA) is 64.8 Å². The molecule has 5 aromatic rings. The first-order valence-corrected chi connectivity index (χ1v) is 18.6. The number of benzene rings is 4. The van der Waals surface area contributed by atoms with Crippen LogP contribution in [0.3, 0.4) is 0 Å². The molecular weight excluding hydrogens is 633 g/mol. The van der Waals surface area contributed by atoms with E-state index < -0.39 is 17.9 Å². The van der Waals surface area contributed by atoms with Gasteiger partial charge in [-0.1, -0.05) is 84.1 Å². The van der Waals surface area contributed by atoms with Gasteiger partial charge < -0.3 is 7.43 Å². The van der Waals surface area contributed by atoms with Crippen LogP contribution < -0.4 is 10.6 Å². The molecule has 1 atom stereocenters. The van der Waals surface area contributed by atoms with E-state index in [-0.39, 0.29) is 34.0 Å². The summed E-state index contributed by atoms with van der Waals surface area (Å²) in [5.41, 5.74) is 1.84. The fraction of sp³-hybridized carbons (Fsp3) is 0.0741. The predicted octanol–water partition coefficient (Wildman–Crippen LogP) is 6.04. The van der Waals surface area contributed by atoms with Crippen LogP contribution in [0, 0.1) is 7.43 Å². The van der Waals surface area contributed by atoms with Crippen molar-refractivity contribution in [1.29, 1.82) is 0 Å². The minimum absolute atomic E-state index is 0. The number of para-hydroxylation sites is 1. The number of halogens is 2. The van der Waals surface area contributed by atoms with Gasteiger partial charge in [-0.25, -0.2) is 8.42 Å². The number of fused-ring (bicyclic) bond motifs is 1. The Balaban J connectivity index is 0.000000908. The number of rotatable bonds is 7. The van der Waals surface area contributed by atoms with Crippen molar-refractivity contribution < 1.29 is 23.6 Å². The molecule has 5 rings (SSSR count). The zero-order valence-corrected chi connectivity index (χ0v) is 25.0. The standard InChI is InChI=1S/C26H22N3O2PS.CH3.2ClH.Ru/c30-33(31,29-25-19-11-10-18-24(25)27-28-29)20-26(21-12-4-1-5-13-21)32(22-14-6-2-7-15-22)23-16-8-3-9-17-23;;;;/h1-19,26H,20H2;1H3;2*1H;/q;-1;;;+2/p-1/t26-;;;;/m0..../s1. The Hall–Kier alpha value is -2.14. The number of hydrogen-bond donors (Lipinski definition) is 0. The zero-order chi connectivity index (χ0) is 25.4. The van der Waals surface area contributed by atoms with Crippen LogP contribution in [-0.2, 0) is 25.2 Å². The third-order valence-corrected chi connectivity index (χ3v) is 10.7. The first-order valence-electron chi connectivity index (χ1n) is 11.0. The minimum atomic E-state index is -3.78. The molecule has 1 heterocycles. The molecule has 37 heavy (non-hydrogen) atoms. The van der Waals surface area contributed by atoms with Gasteiger partial charge in [0.1, 0.15) is 22.4 Å². The molecule has 10 heteroatoms. The quantitative estimate of drug-likeness (QED) is 0.122. The van der Waals surface area contributed by atoms with Gasteiger partial charge in [0.15, 0.2) is 0 Å². The summed E-state index contributed by atoms with van der Waals surface area (Å²) in [7, 11) is 4.42. The molecule has 5 nitrogen and oxygen atoms in total. The van der Waals surface area contributed by atoms with E-state index in [1.54, 1.807) is 18.2 Å². The summed E-state index contributed by atoms with van der Waals surface area (Å²) in [5.74, 6) is -0.0670. The van der Waals surface area contributed by atoms with Crippen molar-refractivity contribution in [2.75, 3.05) is 5.75 Å². The van der Waals surface area contributed by atoms with Crippen LogP contribution in [0.25, 0.3) is 11.0 Å². The van der Waals surface area contributed by atoms with E-state index in [9.17, 15) is 8.42 Å². The van der Waals surface area contributed by atoms with Gasteiger partial charge in [0, 0.05) is 0 Å². The second-order valence-electron chi connectivity index (χ2n) is 7.86. The van der Waals surface area contributed by atoms with Gasteiger partial charge in [-0.15, -0.1) is 9.19 Å². The Morgan fingerprint density at radius 2 is 1.22 bits per heavy atom. The average molecular weight is 660 g/mol. The molecule has 0 spiro atoms. The molecule has 0 aliphatic rings. The molecule has 0 radical (unpaired) electrons. The summed E-state index contributed by atoms with van der Waals surface area (Å²) in [5, 5.41) is 10.4. The molecule has 4 aromatic carbocycles. The first-order chi connectivity index (χ1) is 17.5. The molecule has 0 amide bonds. The van der Waals surface area contributed by atoms with Gasteiger partial charge in [0.05, 0.1) is 18.5 Å². The van der Waals surface area contributed by atoms with Crippen molar-refractivity contribution in [2.45, 2.75) is 5.66 Å². The predicted molar refractivity (Wildman–Crippen MR) is 154 cm³/mol. The van der Waals surface area contributed by atoms with Crippen LogP contribution in [0.1, 0.15) is 11.2 Å². The third-order valence-electron chi connectivity index (χ3n) is 5.68. The van der Waals surface area contributed by atoms with Crippen molar-refractivity contribution in [3.05, 3.63) is 128 Å². The van der Waals surface area contributed by atoms with E-state index in [1.165, 1.54) is 10.6 Å². The molecule has 194 valence electrons. The molecule has 1 aromatic heterocycles. The summed E-state index contributed by atoms with van der Waals surface area (Å²) in [4.78, 5) is 0. The molecule has 0 unspecified atom stereocenters. The zero-order valence-electron chi connectivity index (χ0n) is 19.9. The van der Waals surface area contributed by atoms with Gasteiger partial charge in [-0.05, 0) is 42.0 Å². The average Bonchev–Trinajstić information content (AvgIpc) is 3.36. The SMILES string of the molecule is O=S(=O)(C[C@@H](c1ccccc1)[PH+](c1ccccc1)c1ccccc1)n1nnc2ccccc21.[CH3-].[Cl][Ru][Cl]. The second kappa shape index (κ2) is 14.1. The van der Waals surface area contributed by atoms with Crippen LogP contribution >= 0.6 is 27.3 Å². The van der Waals surface area contributed by atoms with Crippen LogP contribution in [0.5, 0.6) is 0 Å². The van der Waals surface area contributed by atoms with Crippen molar-refractivity contribution in [3.8, 4) is 0 Å². The Morgan fingerprint density at radius 3 is 1.76 bits per heavy atom. The Labute approximate surface area is 235 Å². The maximum atomic E-state index is 13.7. The van der Waals surface area contributed by atoms with E-state index in [1.807, 2.05) is 72.8 Å². The van der Waals surface area contributed by atoms with Gasteiger partial charge >= 0.3 is 34.5 Å². The summed E-state index contributed by atoms with van der Waals surface area (Å²) in [6.07, 6.45) is 0. The molecule has 0 fully saturated rings. The molecule has 0 aliphatic heterocycles.